The topological polar surface area (TPSA) is 119 Å². The first-order valence-electron chi connectivity index (χ1n) is 8.10. The van der Waals surface area contributed by atoms with Crippen molar-refractivity contribution < 1.29 is 23.2 Å². The van der Waals surface area contributed by atoms with E-state index in [2.05, 4.69) is 20.8 Å². The number of ether oxygens (including phenoxy) is 1. The fourth-order valence-electron chi connectivity index (χ4n) is 2.48. The molecule has 3 rings (SSSR count). The quantitative estimate of drug-likeness (QED) is 0.556. The van der Waals surface area contributed by atoms with E-state index in [4.69, 9.17) is 13.6 Å². The van der Waals surface area contributed by atoms with Crippen LogP contribution in [0.4, 0.5) is 4.79 Å². The molecular weight excluding hydrogens is 360 g/mol. The molecule has 2 aromatic rings. The van der Waals surface area contributed by atoms with Gasteiger partial charge in [-0.3, -0.25) is 0 Å². The van der Waals surface area contributed by atoms with E-state index in [-0.39, 0.29) is 24.3 Å². The third-order valence-electron chi connectivity index (χ3n) is 3.63. The molecule has 2 aromatic heterocycles. The Bertz CT molecular complexity index is 814. The van der Waals surface area contributed by atoms with Gasteiger partial charge in [0.2, 0.25) is 0 Å². The lowest BCUT2D eigenvalue weighted by atomic mass is 10.0. The SMILES string of the molecule is CCOC(=O)C1=C(CSc2nnc(-c3ccco3)o2)NC(=O)NC1CC. The second-order valence-electron chi connectivity index (χ2n) is 5.31. The highest BCUT2D eigenvalue weighted by molar-refractivity contribution is 7.99. The van der Waals surface area contributed by atoms with Crippen molar-refractivity contribution in [2.45, 2.75) is 31.5 Å². The molecule has 1 aliphatic rings. The van der Waals surface area contributed by atoms with E-state index in [1.165, 1.54) is 18.0 Å². The van der Waals surface area contributed by atoms with E-state index in [1.54, 1.807) is 19.1 Å². The van der Waals surface area contributed by atoms with Crippen molar-refractivity contribution in [1.29, 1.82) is 0 Å². The Hall–Kier alpha value is -2.75. The Morgan fingerprint density at radius 2 is 2.23 bits per heavy atom. The van der Waals surface area contributed by atoms with Crippen LogP contribution in [-0.4, -0.2) is 40.6 Å². The molecule has 0 saturated carbocycles. The fourth-order valence-corrected chi connectivity index (χ4v) is 3.21. The summed E-state index contributed by atoms with van der Waals surface area (Å²) >= 11 is 1.21. The number of amides is 2. The number of hydrogen-bond donors (Lipinski definition) is 2. The van der Waals surface area contributed by atoms with Crippen LogP contribution in [0.25, 0.3) is 11.7 Å². The van der Waals surface area contributed by atoms with Gasteiger partial charge < -0.3 is 24.2 Å². The van der Waals surface area contributed by atoms with Crippen LogP contribution in [0, 0.1) is 0 Å². The number of hydrogen-bond acceptors (Lipinski definition) is 8. The summed E-state index contributed by atoms with van der Waals surface area (Å²) in [6.07, 6.45) is 2.08. The first-order chi connectivity index (χ1) is 12.6. The zero-order chi connectivity index (χ0) is 18.5. The van der Waals surface area contributed by atoms with Crippen LogP contribution >= 0.6 is 11.8 Å². The highest BCUT2D eigenvalue weighted by atomic mass is 32.2. The number of nitrogens with zero attached hydrogens (tertiary/aromatic N) is 2. The van der Waals surface area contributed by atoms with Gasteiger partial charge in [-0.2, -0.15) is 0 Å². The molecule has 1 atom stereocenters. The van der Waals surface area contributed by atoms with Crippen LogP contribution in [0.3, 0.4) is 0 Å². The summed E-state index contributed by atoms with van der Waals surface area (Å²) in [5, 5.41) is 13.6. The molecule has 2 N–H and O–H groups in total. The molecule has 1 aliphatic heterocycles. The summed E-state index contributed by atoms with van der Waals surface area (Å²) in [6.45, 7) is 3.87. The lowest BCUT2D eigenvalue weighted by Crippen LogP contribution is -2.50. The number of carbonyl (C=O) groups is 2. The van der Waals surface area contributed by atoms with Crippen molar-refractivity contribution >= 4 is 23.8 Å². The van der Waals surface area contributed by atoms with Gasteiger partial charge in [0.1, 0.15) is 0 Å². The standard InChI is InChI=1S/C16H18N4O5S/c1-3-9-12(14(21)23-4-2)10(18-15(22)17-9)8-26-16-20-19-13(25-16)11-6-5-7-24-11/h5-7,9H,3-4,8H2,1-2H3,(H2,17,18,22). The first-order valence-corrected chi connectivity index (χ1v) is 9.08. The number of furan rings is 1. The molecular formula is C16H18N4O5S. The average Bonchev–Trinajstić information content (AvgIpc) is 3.30. The smallest absolute Gasteiger partial charge is 0.337 e. The van der Waals surface area contributed by atoms with Gasteiger partial charge in [-0.15, -0.1) is 10.2 Å². The number of aromatic nitrogens is 2. The predicted octanol–water partition coefficient (Wildman–Crippen LogP) is 2.33. The van der Waals surface area contributed by atoms with Crippen molar-refractivity contribution in [2.75, 3.05) is 12.4 Å². The molecule has 0 radical (unpaired) electrons. The van der Waals surface area contributed by atoms with Crippen LogP contribution in [0.2, 0.25) is 0 Å². The van der Waals surface area contributed by atoms with Gasteiger partial charge in [-0.25, -0.2) is 9.59 Å². The van der Waals surface area contributed by atoms with Gasteiger partial charge in [0.05, 0.1) is 24.5 Å². The summed E-state index contributed by atoms with van der Waals surface area (Å²) in [6, 6.07) is 2.67. The maximum absolute atomic E-state index is 12.3. The van der Waals surface area contributed by atoms with E-state index < -0.39 is 12.0 Å². The van der Waals surface area contributed by atoms with Crippen molar-refractivity contribution in [3.63, 3.8) is 0 Å². The molecule has 0 fully saturated rings. The zero-order valence-electron chi connectivity index (χ0n) is 14.3. The minimum Gasteiger partial charge on any atom is -0.463 e. The lowest BCUT2D eigenvalue weighted by Gasteiger charge is -2.28. The van der Waals surface area contributed by atoms with Crippen molar-refractivity contribution in [2.24, 2.45) is 0 Å². The number of urea groups is 1. The number of rotatable bonds is 7. The molecule has 0 bridgehead atoms. The van der Waals surface area contributed by atoms with Crippen LogP contribution in [0.1, 0.15) is 20.3 Å². The van der Waals surface area contributed by atoms with Crippen LogP contribution in [-0.2, 0) is 9.53 Å². The number of thioether (sulfide) groups is 1. The maximum atomic E-state index is 12.3. The van der Waals surface area contributed by atoms with E-state index in [9.17, 15) is 9.59 Å². The number of esters is 1. The number of nitrogens with one attached hydrogen (secondary N) is 2. The van der Waals surface area contributed by atoms with Crippen molar-refractivity contribution in [3.8, 4) is 11.7 Å². The predicted molar refractivity (Wildman–Crippen MR) is 92.1 cm³/mol. The summed E-state index contributed by atoms with van der Waals surface area (Å²) < 4.78 is 15.8. The Balaban J connectivity index is 1.78. The summed E-state index contributed by atoms with van der Waals surface area (Å²) in [7, 11) is 0. The molecule has 2 amide bonds. The Kier molecular flexibility index (Phi) is 5.61. The van der Waals surface area contributed by atoms with Gasteiger partial charge in [0, 0.05) is 11.4 Å². The third-order valence-corrected chi connectivity index (χ3v) is 4.47. The van der Waals surface area contributed by atoms with Gasteiger partial charge in [-0.1, -0.05) is 18.7 Å². The minimum absolute atomic E-state index is 0.253. The van der Waals surface area contributed by atoms with Crippen molar-refractivity contribution in [1.82, 2.24) is 20.8 Å². The first kappa shape index (κ1) is 18.1. The minimum atomic E-state index is -0.454. The van der Waals surface area contributed by atoms with Crippen LogP contribution in [0.15, 0.2) is 43.7 Å². The molecule has 1 unspecified atom stereocenters. The van der Waals surface area contributed by atoms with E-state index in [1.807, 2.05) is 6.92 Å². The monoisotopic (exact) mass is 378 g/mol. The summed E-state index contributed by atoms with van der Waals surface area (Å²) in [5.74, 6) is 0.553. The van der Waals surface area contributed by atoms with Gasteiger partial charge >= 0.3 is 12.0 Å². The normalized spacial score (nSPS) is 17.0. The largest absolute Gasteiger partial charge is 0.463 e. The highest BCUT2D eigenvalue weighted by Crippen LogP contribution is 2.26. The third kappa shape index (κ3) is 3.90. The molecule has 0 saturated heterocycles. The van der Waals surface area contributed by atoms with E-state index in [0.717, 1.165) is 0 Å². The fraction of sp³-hybridized carbons (Fsp3) is 0.375. The molecule has 138 valence electrons. The van der Waals surface area contributed by atoms with Crippen molar-refractivity contribution in [3.05, 3.63) is 29.7 Å². The Morgan fingerprint density at radius 3 is 2.92 bits per heavy atom. The summed E-state index contributed by atoms with van der Waals surface area (Å²) in [4.78, 5) is 24.2. The van der Waals surface area contributed by atoms with Gasteiger partial charge in [0.15, 0.2) is 5.76 Å². The van der Waals surface area contributed by atoms with E-state index in [0.29, 0.717) is 28.7 Å². The van der Waals surface area contributed by atoms with Gasteiger partial charge in [-0.05, 0) is 25.5 Å². The molecule has 9 nitrogen and oxygen atoms in total. The van der Waals surface area contributed by atoms with Crippen LogP contribution in [0.5, 0.6) is 0 Å². The molecule has 0 spiro atoms. The maximum Gasteiger partial charge on any atom is 0.337 e. The second kappa shape index (κ2) is 8.09. The molecule has 26 heavy (non-hydrogen) atoms. The molecule has 0 aliphatic carbocycles. The molecule has 3 heterocycles. The number of carbonyl (C=O) groups excluding carboxylic acids is 2. The molecule has 10 heteroatoms. The average molecular weight is 378 g/mol. The van der Waals surface area contributed by atoms with E-state index >= 15 is 0 Å². The summed E-state index contributed by atoms with van der Waals surface area (Å²) in [5.41, 5.74) is 0.883. The van der Waals surface area contributed by atoms with Gasteiger partial charge in [0.25, 0.3) is 11.1 Å². The van der Waals surface area contributed by atoms with Crippen LogP contribution < -0.4 is 10.6 Å². The Morgan fingerprint density at radius 1 is 1.38 bits per heavy atom. The second-order valence-corrected chi connectivity index (χ2v) is 6.24. The zero-order valence-corrected chi connectivity index (χ0v) is 15.1. The molecule has 0 aromatic carbocycles. The lowest BCUT2D eigenvalue weighted by molar-refractivity contribution is -0.139. The highest BCUT2D eigenvalue weighted by Gasteiger charge is 2.31. The Labute approximate surface area is 153 Å².